The van der Waals surface area contributed by atoms with Gasteiger partial charge in [-0.05, 0) is 173 Å². The molecule has 0 radical (unpaired) electrons. The van der Waals surface area contributed by atoms with Gasteiger partial charge in [-0.3, -0.25) is 9.59 Å². The van der Waals surface area contributed by atoms with Crippen LogP contribution in [0, 0.1) is 74.4 Å². The van der Waals surface area contributed by atoms with E-state index in [-0.39, 0.29) is 45.0 Å². The Morgan fingerprint density at radius 1 is 0.766 bits per heavy atom. The summed E-state index contributed by atoms with van der Waals surface area (Å²) >= 11 is 0. The van der Waals surface area contributed by atoms with Crippen molar-refractivity contribution in [3.05, 3.63) is 12.2 Å². The van der Waals surface area contributed by atoms with Crippen molar-refractivity contribution in [1.82, 2.24) is 4.90 Å². The number of fused-ring (bicyclic) bond motifs is 7. The van der Waals surface area contributed by atoms with Gasteiger partial charge in [0.05, 0.1) is 12.0 Å². The molecule has 0 aromatic rings. The van der Waals surface area contributed by atoms with Gasteiger partial charge in [0.25, 0.3) is 0 Å². The SMILES string of the molecule is C=C(C)[C@@H]1CC[C@]2(C(=O)[C@@H]3CC[C@H](CN4CCC(C(=O)O)CC4)C3)CC[C@]3(C)[C@H](CC[C@@H]4[C@@]5(C)CC[C@H](O)C(C)(C)[C@@H]5CC[C@]43C)[C@@H]12. The lowest BCUT2D eigenvalue weighted by atomic mass is 9.32. The highest BCUT2D eigenvalue weighted by molar-refractivity contribution is 5.88. The Morgan fingerprint density at radius 2 is 1.49 bits per heavy atom. The van der Waals surface area contributed by atoms with Gasteiger partial charge in [0.1, 0.15) is 5.78 Å². The number of aliphatic hydroxyl groups excluding tert-OH is 1. The molecule has 0 aromatic carbocycles. The molecule has 264 valence electrons. The van der Waals surface area contributed by atoms with Crippen LogP contribution in [-0.4, -0.2) is 52.6 Å². The number of carbonyl (C=O) groups excluding carboxylic acids is 1. The largest absolute Gasteiger partial charge is 0.481 e. The molecule has 7 rings (SSSR count). The molecule has 0 unspecified atom stereocenters. The van der Waals surface area contributed by atoms with E-state index in [1.807, 2.05) is 0 Å². The smallest absolute Gasteiger partial charge is 0.306 e. The zero-order chi connectivity index (χ0) is 33.7. The van der Waals surface area contributed by atoms with Crippen LogP contribution in [0.25, 0.3) is 0 Å². The summed E-state index contributed by atoms with van der Waals surface area (Å²) in [4.78, 5) is 29.0. The Hall–Kier alpha value is -1.20. The van der Waals surface area contributed by atoms with Crippen molar-refractivity contribution in [2.24, 2.45) is 74.4 Å². The van der Waals surface area contributed by atoms with E-state index >= 15 is 4.79 Å². The lowest BCUT2D eigenvalue weighted by Crippen LogP contribution is -2.67. The number of carboxylic acid groups (broad SMARTS) is 1. The van der Waals surface area contributed by atoms with Gasteiger partial charge < -0.3 is 15.1 Å². The normalized spacial score (nSPS) is 49.8. The van der Waals surface area contributed by atoms with Crippen molar-refractivity contribution in [1.29, 1.82) is 0 Å². The number of piperidine rings is 1. The predicted molar refractivity (Wildman–Crippen MR) is 188 cm³/mol. The summed E-state index contributed by atoms with van der Waals surface area (Å²) in [6.07, 6.45) is 16.2. The number of aliphatic carboxylic acids is 1. The van der Waals surface area contributed by atoms with Crippen LogP contribution in [0.4, 0.5) is 0 Å². The topological polar surface area (TPSA) is 77.8 Å². The first-order chi connectivity index (χ1) is 22.1. The molecular weight excluding hydrogens is 582 g/mol. The summed E-state index contributed by atoms with van der Waals surface area (Å²) in [7, 11) is 0. The van der Waals surface area contributed by atoms with E-state index in [2.05, 4.69) is 53.0 Å². The maximum absolute atomic E-state index is 15.1. The molecule has 2 N–H and O–H groups in total. The number of Topliss-reactive ketones (excluding diaryl/α,β-unsaturated/α-hetero) is 1. The second kappa shape index (κ2) is 11.7. The Labute approximate surface area is 286 Å². The highest BCUT2D eigenvalue weighted by Crippen LogP contribution is 2.78. The standard InChI is InChI=1S/C42H67NO4/c1-26(2)30-12-19-42(36(45)29-9-8-27(24-29)25-43-22-15-28(16-23-43)37(46)47)21-20-40(6)31(35(30)42)10-11-33-39(5)17-14-34(44)38(3,4)32(39)13-18-41(33,40)7/h27-35,44H,1,8-25H2,2-7H3,(H,46,47)/t27-,29+,30-,31+,32-,33+,34-,35+,39-,40+,41+,42-/m0/s1. The minimum Gasteiger partial charge on any atom is -0.481 e. The summed E-state index contributed by atoms with van der Waals surface area (Å²) in [6.45, 7) is 22.3. The van der Waals surface area contributed by atoms with Crippen LogP contribution < -0.4 is 0 Å². The fourth-order valence-corrected chi connectivity index (χ4v) is 15.2. The molecule has 5 heteroatoms. The summed E-state index contributed by atoms with van der Waals surface area (Å²) in [6, 6.07) is 0. The maximum atomic E-state index is 15.1. The van der Waals surface area contributed by atoms with Gasteiger partial charge >= 0.3 is 5.97 Å². The van der Waals surface area contributed by atoms with Crippen molar-refractivity contribution in [3.8, 4) is 0 Å². The molecule has 0 spiro atoms. The highest BCUT2D eigenvalue weighted by atomic mass is 16.4. The lowest BCUT2D eigenvalue weighted by molar-refractivity contribution is -0.246. The third-order valence-corrected chi connectivity index (χ3v) is 17.9. The zero-order valence-electron chi connectivity index (χ0n) is 30.8. The number of ketones is 1. The number of rotatable bonds is 6. The number of nitrogens with zero attached hydrogens (tertiary/aromatic N) is 1. The van der Waals surface area contributed by atoms with E-state index in [0.29, 0.717) is 41.3 Å². The summed E-state index contributed by atoms with van der Waals surface area (Å²) in [5.41, 5.74) is 1.90. The third kappa shape index (κ3) is 4.95. The molecule has 6 saturated carbocycles. The first-order valence-electron chi connectivity index (χ1n) is 19.9. The summed E-state index contributed by atoms with van der Waals surface area (Å²) in [5.74, 6) is 3.33. The molecule has 7 aliphatic rings. The molecule has 1 saturated heterocycles. The number of hydrogen-bond donors (Lipinski definition) is 2. The highest BCUT2D eigenvalue weighted by Gasteiger charge is 2.72. The molecule has 1 heterocycles. The summed E-state index contributed by atoms with van der Waals surface area (Å²) < 4.78 is 0. The fourth-order valence-electron chi connectivity index (χ4n) is 15.2. The third-order valence-electron chi connectivity index (χ3n) is 17.9. The first-order valence-corrected chi connectivity index (χ1v) is 19.9. The van der Waals surface area contributed by atoms with Crippen LogP contribution in [0.1, 0.15) is 138 Å². The fraction of sp³-hybridized carbons (Fsp3) is 0.905. The number of carbonyl (C=O) groups is 2. The van der Waals surface area contributed by atoms with Crippen molar-refractivity contribution >= 4 is 11.8 Å². The number of allylic oxidation sites excluding steroid dienone is 1. The van der Waals surface area contributed by atoms with Crippen molar-refractivity contribution in [2.75, 3.05) is 19.6 Å². The average Bonchev–Trinajstić information content (AvgIpc) is 3.65. The van der Waals surface area contributed by atoms with Crippen molar-refractivity contribution in [2.45, 2.75) is 144 Å². The van der Waals surface area contributed by atoms with Gasteiger partial charge in [-0.2, -0.15) is 0 Å². The predicted octanol–water partition coefficient (Wildman–Crippen LogP) is 8.79. The van der Waals surface area contributed by atoms with Crippen LogP contribution >= 0.6 is 0 Å². The van der Waals surface area contributed by atoms with Crippen molar-refractivity contribution < 1.29 is 19.8 Å². The van der Waals surface area contributed by atoms with Crippen LogP contribution in [0.15, 0.2) is 12.2 Å². The van der Waals surface area contributed by atoms with E-state index in [4.69, 9.17) is 0 Å². The molecule has 5 nitrogen and oxygen atoms in total. The Morgan fingerprint density at radius 3 is 2.17 bits per heavy atom. The number of aliphatic hydroxyl groups is 1. The lowest BCUT2D eigenvalue weighted by Gasteiger charge is -2.73. The molecule has 6 aliphatic carbocycles. The maximum Gasteiger partial charge on any atom is 0.306 e. The van der Waals surface area contributed by atoms with Gasteiger partial charge in [0.15, 0.2) is 0 Å². The van der Waals surface area contributed by atoms with Gasteiger partial charge in [-0.1, -0.05) is 46.8 Å². The van der Waals surface area contributed by atoms with E-state index in [1.54, 1.807) is 0 Å². The first kappa shape index (κ1) is 34.3. The molecule has 0 aromatic heterocycles. The van der Waals surface area contributed by atoms with Crippen LogP contribution in [0.2, 0.25) is 0 Å². The number of likely N-dealkylation sites (tertiary alicyclic amines) is 1. The Balaban J connectivity index is 1.12. The van der Waals surface area contributed by atoms with E-state index in [1.165, 1.54) is 37.7 Å². The molecule has 1 aliphatic heterocycles. The second-order valence-corrected chi connectivity index (χ2v) is 19.9. The van der Waals surface area contributed by atoms with Gasteiger partial charge in [0.2, 0.25) is 0 Å². The van der Waals surface area contributed by atoms with E-state index in [0.717, 1.165) is 83.8 Å². The van der Waals surface area contributed by atoms with E-state index in [9.17, 15) is 15.0 Å². The minimum atomic E-state index is -0.639. The molecule has 12 atom stereocenters. The van der Waals surface area contributed by atoms with Crippen LogP contribution in [0.3, 0.4) is 0 Å². The Bertz CT molecular complexity index is 1270. The molecular formula is C42H67NO4. The molecule has 0 bridgehead atoms. The monoisotopic (exact) mass is 650 g/mol. The van der Waals surface area contributed by atoms with Gasteiger partial charge in [0, 0.05) is 17.9 Å². The van der Waals surface area contributed by atoms with Gasteiger partial charge in [-0.25, -0.2) is 0 Å². The molecule has 47 heavy (non-hydrogen) atoms. The Kier molecular flexibility index (Phi) is 8.51. The zero-order valence-corrected chi connectivity index (χ0v) is 30.8. The summed E-state index contributed by atoms with van der Waals surface area (Å²) in [5, 5.41) is 20.5. The van der Waals surface area contributed by atoms with Crippen LogP contribution in [-0.2, 0) is 9.59 Å². The minimum absolute atomic E-state index is 0.0231. The average molecular weight is 650 g/mol. The molecule has 0 amide bonds. The number of carboxylic acids is 1. The number of hydrogen-bond acceptors (Lipinski definition) is 4. The van der Waals surface area contributed by atoms with Crippen LogP contribution in [0.5, 0.6) is 0 Å². The van der Waals surface area contributed by atoms with E-state index < -0.39 is 5.97 Å². The molecule has 7 fully saturated rings. The quantitative estimate of drug-likeness (QED) is 0.281. The van der Waals surface area contributed by atoms with Gasteiger partial charge in [-0.15, -0.1) is 0 Å². The van der Waals surface area contributed by atoms with Crippen molar-refractivity contribution in [3.63, 3.8) is 0 Å². The second-order valence-electron chi connectivity index (χ2n) is 19.9.